The Bertz CT molecular complexity index is 344. The van der Waals surface area contributed by atoms with Crippen LogP contribution in [0.2, 0.25) is 0 Å². The molecular formula is C13H24N4O. The van der Waals surface area contributed by atoms with Crippen LogP contribution >= 0.6 is 0 Å². The van der Waals surface area contributed by atoms with Crippen molar-refractivity contribution in [1.82, 2.24) is 9.97 Å². The molecule has 0 atom stereocenters. The van der Waals surface area contributed by atoms with Crippen molar-refractivity contribution in [3.8, 4) is 0 Å². The maximum absolute atomic E-state index is 8.73. The molecule has 0 unspecified atom stereocenters. The van der Waals surface area contributed by atoms with Gasteiger partial charge >= 0.3 is 0 Å². The first-order valence-corrected chi connectivity index (χ1v) is 6.70. The van der Waals surface area contributed by atoms with Crippen LogP contribution < -0.4 is 10.6 Å². The molecule has 0 saturated carbocycles. The van der Waals surface area contributed by atoms with Gasteiger partial charge in [-0.3, -0.25) is 0 Å². The van der Waals surface area contributed by atoms with E-state index in [1.807, 2.05) is 13.0 Å². The summed E-state index contributed by atoms with van der Waals surface area (Å²) in [4.78, 5) is 8.65. The minimum absolute atomic E-state index is 0.194. The molecule has 0 spiro atoms. The molecule has 0 fully saturated rings. The first-order chi connectivity index (χ1) is 8.76. The number of aromatic nitrogens is 2. The number of aliphatic hydroxyl groups excluding tert-OH is 1. The molecule has 0 aliphatic heterocycles. The van der Waals surface area contributed by atoms with Gasteiger partial charge in [0.25, 0.3) is 0 Å². The highest BCUT2D eigenvalue weighted by molar-refractivity contribution is 5.47. The average Bonchev–Trinajstić information content (AvgIpc) is 2.34. The molecule has 0 aliphatic rings. The maximum atomic E-state index is 8.73. The molecular weight excluding hydrogens is 228 g/mol. The minimum Gasteiger partial charge on any atom is -0.396 e. The number of hydrogen-bond acceptors (Lipinski definition) is 5. The standard InChI is InChI=1S/C13H24N4O/c1-3-4-5-7-14-12-10-13(15-8-6-9-18)17-11(2)16-12/h10,18H,3-9H2,1-2H3,(H2,14,15,16,17). The van der Waals surface area contributed by atoms with Crippen molar-refractivity contribution in [2.24, 2.45) is 0 Å². The fourth-order valence-electron chi connectivity index (χ4n) is 1.64. The molecule has 0 saturated heterocycles. The molecule has 1 aromatic rings. The predicted molar refractivity (Wildman–Crippen MR) is 75.0 cm³/mol. The van der Waals surface area contributed by atoms with E-state index < -0.39 is 0 Å². The van der Waals surface area contributed by atoms with Gasteiger partial charge in [0.15, 0.2) is 0 Å². The smallest absolute Gasteiger partial charge is 0.131 e. The average molecular weight is 252 g/mol. The number of anilines is 2. The van der Waals surface area contributed by atoms with Crippen molar-refractivity contribution in [3.63, 3.8) is 0 Å². The fourth-order valence-corrected chi connectivity index (χ4v) is 1.64. The molecule has 5 nitrogen and oxygen atoms in total. The molecule has 18 heavy (non-hydrogen) atoms. The third-order valence-electron chi connectivity index (χ3n) is 2.57. The summed E-state index contributed by atoms with van der Waals surface area (Å²) in [6.07, 6.45) is 4.34. The van der Waals surface area contributed by atoms with E-state index in [0.717, 1.165) is 43.4 Å². The quantitative estimate of drug-likeness (QED) is 0.588. The summed E-state index contributed by atoms with van der Waals surface area (Å²) in [5, 5.41) is 15.2. The SMILES string of the molecule is CCCCCNc1cc(NCCCO)nc(C)n1. The molecule has 0 bridgehead atoms. The molecule has 1 aromatic heterocycles. The summed E-state index contributed by atoms with van der Waals surface area (Å²) in [5.41, 5.74) is 0. The zero-order valence-corrected chi connectivity index (χ0v) is 11.4. The lowest BCUT2D eigenvalue weighted by Crippen LogP contribution is -2.09. The largest absolute Gasteiger partial charge is 0.396 e. The van der Waals surface area contributed by atoms with Gasteiger partial charge < -0.3 is 15.7 Å². The Hall–Kier alpha value is -1.36. The Kier molecular flexibility index (Phi) is 7.10. The maximum Gasteiger partial charge on any atom is 0.131 e. The number of rotatable bonds is 9. The van der Waals surface area contributed by atoms with Crippen LogP contribution in [-0.4, -0.2) is 34.8 Å². The van der Waals surface area contributed by atoms with Gasteiger partial charge in [-0.1, -0.05) is 19.8 Å². The number of aryl methyl sites for hydroxylation is 1. The Morgan fingerprint density at radius 2 is 1.67 bits per heavy atom. The lowest BCUT2D eigenvalue weighted by atomic mass is 10.2. The second kappa shape index (κ2) is 8.69. The minimum atomic E-state index is 0.194. The van der Waals surface area contributed by atoms with Crippen molar-refractivity contribution in [2.75, 3.05) is 30.3 Å². The van der Waals surface area contributed by atoms with Crippen molar-refractivity contribution >= 4 is 11.6 Å². The van der Waals surface area contributed by atoms with Crippen molar-refractivity contribution < 1.29 is 5.11 Å². The van der Waals surface area contributed by atoms with E-state index in [2.05, 4.69) is 27.5 Å². The first-order valence-electron chi connectivity index (χ1n) is 6.70. The summed E-state index contributed by atoms with van der Waals surface area (Å²) in [5.74, 6) is 2.43. The molecule has 5 heteroatoms. The van der Waals surface area contributed by atoms with Gasteiger partial charge in [0.1, 0.15) is 17.5 Å². The van der Waals surface area contributed by atoms with Crippen molar-refractivity contribution in [2.45, 2.75) is 39.5 Å². The van der Waals surface area contributed by atoms with Gasteiger partial charge in [0.2, 0.25) is 0 Å². The van der Waals surface area contributed by atoms with Crippen LogP contribution in [0.5, 0.6) is 0 Å². The topological polar surface area (TPSA) is 70.1 Å². The van der Waals surface area contributed by atoms with Gasteiger partial charge in [-0.15, -0.1) is 0 Å². The van der Waals surface area contributed by atoms with Crippen LogP contribution in [0.1, 0.15) is 38.4 Å². The van der Waals surface area contributed by atoms with E-state index >= 15 is 0 Å². The van der Waals surface area contributed by atoms with Crippen LogP contribution in [-0.2, 0) is 0 Å². The predicted octanol–water partition coefficient (Wildman–Crippen LogP) is 2.18. The number of unbranched alkanes of at least 4 members (excludes halogenated alkanes) is 2. The first kappa shape index (κ1) is 14.7. The molecule has 0 radical (unpaired) electrons. The van der Waals surface area contributed by atoms with Crippen LogP contribution in [0, 0.1) is 6.92 Å². The zero-order chi connectivity index (χ0) is 13.2. The van der Waals surface area contributed by atoms with Gasteiger partial charge in [0, 0.05) is 25.8 Å². The van der Waals surface area contributed by atoms with E-state index in [0.29, 0.717) is 0 Å². The van der Waals surface area contributed by atoms with E-state index in [1.54, 1.807) is 0 Å². The molecule has 3 N–H and O–H groups in total. The van der Waals surface area contributed by atoms with Crippen LogP contribution in [0.3, 0.4) is 0 Å². The molecule has 1 heterocycles. The lowest BCUT2D eigenvalue weighted by molar-refractivity contribution is 0.292. The fraction of sp³-hybridized carbons (Fsp3) is 0.692. The van der Waals surface area contributed by atoms with Crippen LogP contribution in [0.15, 0.2) is 6.07 Å². The summed E-state index contributed by atoms with van der Waals surface area (Å²) in [6, 6.07) is 1.91. The Morgan fingerprint density at radius 1 is 1.06 bits per heavy atom. The van der Waals surface area contributed by atoms with Gasteiger partial charge in [-0.25, -0.2) is 9.97 Å². The summed E-state index contributed by atoms with van der Waals surface area (Å²) in [6.45, 7) is 5.94. The number of hydrogen-bond donors (Lipinski definition) is 3. The zero-order valence-electron chi connectivity index (χ0n) is 11.4. The van der Waals surface area contributed by atoms with Gasteiger partial charge in [-0.05, 0) is 19.8 Å². The highest BCUT2D eigenvalue weighted by atomic mass is 16.3. The molecule has 1 rings (SSSR count). The highest BCUT2D eigenvalue weighted by Gasteiger charge is 2.00. The number of aliphatic hydroxyl groups is 1. The third kappa shape index (κ3) is 5.82. The number of nitrogens with zero attached hydrogens (tertiary/aromatic N) is 2. The second-order valence-electron chi connectivity index (χ2n) is 4.32. The van der Waals surface area contributed by atoms with E-state index in [9.17, 15) is 0 Å². The third-order valence-corrected chi connectivity index (χ3v) is 2.57. The summed E-state index contributed by atoms with van der Waals surface area (Å²) < 4.78 is 0. The second-order valence-corrected chi connectivity index (χ2v) is 4.32. The van der Waals surface area contributed by atoms with Gasteiger partial charge in [0.05, 0.1) is 0 Å². The van der Waals surface area contributed by atoms with E-state index in [-0.39, 0.29) is 6.61 Å². The van der Waals surface area contributed by atoms with Crippen LogP contribution in [0.25, 0.3) is 0 Å². The molecule has 0 aromatic carbocycles. The van der Waals surface area contributed by atoms with Crippen LogP contribution in [0.4, 0.5) is 11.6 Å². The normalized spacial score (nSPS) is 10.4. The Balaban J connectivity index is 2.46. The Morgan fingerprint density at radius 3 is 2.22 bits per heavy atom. The van der Waals surface area contributed by atoms with E-state index in [1.165, 1.54) is 12.8 Å². The Labute approximate surface area is 109 Å². The molecule has 0 amide bonds. The lowest BCUT2D eigenvalue weighted by Gasteiger charge is -2.09. The summed E-state index contributed by atoms with van der Waals surface area (Å²) >= 11 is 0. The van der Waals surface area contributed by atoms with Gasteiger partial charge in [-0.2, -0.15) is 0 Å². The van der Waals surface area contributed by atoms with E-state index in [4.69, 9.17) is 5.11 Å². The van der Waals surface area contributed by atoms with Crippen molar-refractivity contribution in [1.29, 1.82) is 0 Å². The molecule has 102 valence electrons. The highest BCUT2D eigenvalue weighted by Crippen LogP contribution is 2.11. The molecule has 0 aliphatic carbocycles. The van der Waals surface area contributed by atoms with Crippen molar-refractivity contribution in [3.05, 3.63) is 11.9 Å². The summed E-state index contributed by atoms with van der Waals surface area (Å²) in [7, 11) is 0. The monoisotopic (exact) mass is 252 g/mol. The number of nitrogens with one attached hydrogen (secondary N) is 2.